The molecule has 18 heavy (non-hydrogen) atoms. The van der Waals surface area contributed by atoms with E-state index in [-0.39, 0.29) is 6.10 Å². The molecule has 1 saturated carbocycles. The highest BCUT2D eigenvalue weighted by atomic mass is 19.4. The Balaban J connectivity index is 1.84. The third kappa shape index (κ3) is 3.91. The van der Waals surface area contributed by atoms with Gasteiger partial charge in [0.15, 0.2) is 0 Å². The molecule has 0 aliphatic heterocycles. The average Bonchev–Trinajstić information content (AvgIpc) is 3.09. The summed E-state index contributed by atoms with van der Waals surface area (Å²) in [4.78, 5) is 0. The second kappa shape index (κ2) is 5.18. The van der Waals surface area contributed by atoms with Gasteiger partial charge in [-0.3, -0.25) is 0 Å². The van der Waals surface area contributed by atoms with Crippen LogP contribution in [0, 0.1) is 0 Å². The molecule has 1 N–H and O–H groups in total. The summed E-state index contributed by atoms with van der Waals surface area (Å²) in [6, 6.07) is 5.39. The van der Waals surface area contributed by atoms with Crippen molar-refractivity contribution < 1.29 is 17.9 Å². The molecule has 0 amide bonds. The van der Waals surface area contributed by atoms with E-state index in [9.17, 15) is 13.2 Å². The molecule has 0 saturated heterocycles. The lowest BCUT2D eigenvalue weighted by molar-refractivity contribution is -0.137. The summed E-state index contributed by atoms with van der Waals surface area (Å²) < 4.78 is 42.6. The Morgan fingerprint density at radius 1 is 1.28 bits per heavy atom. The molecule has 1 aliphatic carbocycles. The maximum Gasteiger partial charge on any atom is 0.416 e. The molecule has 100 valence electrons. The lowest BCUT2D eigenvalue weighted by Crippen LogP contribution is -2.30. The number of hydrogen-bond acceptors (Lipinski definition) is 2. The van der Waals surface area contributed by atoms with Crippen molar-refractivity contribution in [2.45, 2.75) is 38.1 Å². The topological polar surface area (TPSA) is 21.3 Å². The number of benzene rings is 1. The number of ether oxygens (including phenoxy) is 1. The lowest BCUT2D eigenvalue weighted by atomic mass is 10.2. The highest BCUT2D eigenvalue weighted by Gasteiger charge is 2.30. The van der Waals surface area contributed by atoms with Crippen molar-refractivity contribution in [2.75, 3.05) is 6.54 Å². The monoisotopic (exact) mass is 259 g/mol. The van der Waals surface area contributed by atoms with Gasteiger partial charge in [0.05, 0.1) is 5.56 Å². The fraction of sp³-hybridized carbons (Fsp3) is 0.538. The number of rotatable bonds is 5. The fourth-order valence-electron chi connectivity index (χ4n) is 1.62. The van der Waals surface area contributed by atoms with Crippen LogP contribution in [0.15, 0.2) is 24.3 Å². The Kier molecular flexibility index (Phi) is 3.80. The standard InChI is InChI=1S/C13H16F3NO/c1-9(8-17-11-4-5-11)18-12-6-2-10(3-7-12)13(14,15)16/h2-3,6-7,9,11,17H,4-5,8H2,1H3. The van der Waals surface area contributed by atoms with Crippen molar-refractivity contribution >= 4 is 0 Å². The third-order valence-corrected chi connectivity index (χ3v) is 2.79. The molecule has 1 aromatic rings. The van der Waals surface area contributed by atoms with E-state index in [1.807, 2.05) is 6.92 Å². The molecular weight excluding hydrogens is 243 g/mol. The number of nitrogens with one attached hydrogen (secondary N) is 1. The maximum atomic E-state index is 12.3. The lowest BCUT2D eigenvalue weighted by Gasteiger charge is -2.16. The largest absolute Gasteiger partial charge is 0.489 e. The SMILES string of the molecule is CC(CNC1CC1)Oc1ccc(C(F)(F)F)cc1. The minimum Gasteiger partial charge on any atom is -0.489 e. The molecular formula is C13H16F3NO. The molecule has 0 heterocycles. The zero-order chi connectivity index (χ0) is 13.2. The predicted octanol–water partition coefficient (Wildman–Crippen LogP) is 3.22. The summed E-state index contributed by atoms with van der Waals surface area (Å²) in [5, 5.41) is 3.31. The van der Waals surface area contributed by atoms with Crippen molar-refractivity contribution in [3.05, 3.63) is 29.8 Å². The zero-order valence-electron chi connectivity index (χ0n) is 10.1. The molecule has 0 spiro atoms. The van der Waals surface area contributed by atoms with Crippen LogP contribution in [-0.2, 0) is 6.18 Å². The van der Waals surface area contributed by atoms with Crippen LogP contribution in [0.1, 0.15) is 25.3 Å². The van der Waals surface area contributed by atoms with Crippen molar-refractivity contribution in [3.8, 4) is 5.75 Å². The van der Waals surface area contributed by atoms with Gasteiger partial charge in [-0.25, -0.2) is 0 Å². The summed E-state index contributed by atoms with van der Waals surface area (Å²) in [6.45, 7) is 2.61. The van der Waals surface area contributed by atoms with Crippen molar-refractivity contribution in [1.82, 2.24) is 5.32 Å². The molecule has 2 nitrogen and oxygen atoms in total. The minimum absolute atomic E-state index is 0.0534. The average molecular weight is 259 g/mol. The minimum atomic E-state index is -4.29. The summed E-state index contributed by atoms with van der Waals surface area (Å²) in [5.41, 5.74) is -0.654. The maximum absolute atomic E-state index is 12.3. The van der Waals surface area contributed by atoms with Gasteiger partial charge in [0, 0.05) is 12.6 Å². The van der Waals surface area contributed by atoms with Crippen molar-refractivity contribution in [2.24, 2.45) is 0 Å². The first-order chi connectivity index (χ1) is 8.45. The highest BCUT2D eigenvalue weighted by molar-refractivity contribution is 5.29. The van der Waals surface area contributed by atoms with Gasteiger partial charge in [-0.1, -0.05) is 0 Å². The smallest absolute Gasteiger partial charge is 0.416 e. The van der Waals surface area contributed by atoms with E-state index in [1.165, 1.54) is 25.0 Å². The molecule has 2 rings (SSSR count). The Hall–Kier alpha value is -1.23. The van der Waals surface area contributed by atoms with E-state index in [0.29, 0.717) is 18.3 Å². The fourth-order valence-corrected chi connectivity index (χ4v) is 1.62. The normalized spacial score (nSPS) is 17.6. The molecule has 1 aromatic carbocycles. The van der Waals surface area contributed by atoms with Gasteiger partial charge in [-0.15, -0.1) is 0 Å². The number of hydrogen-bond donors (Lipinski definition) is 1. The van der Waals surface area contributed by atoms with Crippen LogP contribution in [0.4, 0.5) is 13.2 Å². The first kappa shape index (κ1) is 13.2. The van der Waals surface area contributed by atoms with Crippen LogP contribution < -0.4 is 10.1 Å². The molecule has 1 unspecified atom stereocenters. The second-order valence-corrected chi connectivity index (χ2v) is 4.63. The van der Waals surface area contributed by atoms with E-state index >= 15 is 0 Å². The molecule has 1 fully saturated rings. The first-order valence-electron chi connectivity index (χ1n) is 6.02. The summed E-state index contributed by atoms with van der Waals surface area (Å²) in [5.74, 6) is 0.466. The quantitative estimate of drug-likeness (QED) is 0.876. The van der Waals surface area contributed by atoms with Gasteiger partial charge in [-0.05, 0) is 44.0 Å². The Labute approximate surface area is 104 Å². The van der Waals surface area contributed by atoms with Crippen LogP contribution >= 0.6 is 0 Å². The van der Waals surface area contributed by atoms with E-state index < -0.39 is 11.7 Å². The van der Waals surface area contributed by atoms with Gasteiger partial charge in [0.2, 0.25) is 0 Å². The summed E-state index contributed by atoms with van der Waals surface area (Å²) in [6.07, 6.45) is -1.94. The Bertz CT molecular complexity index is 384. The first-order valence-corrected chi connectivity index (χ1v) is 6.02. The molecule has 1 aliphatic rings. The van der Waals surface area contributed by atoms with E-state index in [4.69, 9.17) is 4.74 Å². The molecule has 0 aromatic heterocycles. The van der Waals surface area contributed by atoms with Crippen LogP contribution in [0.25, 0.3) is 0 Å². The summed E-state index contributed by atoms with van der Waals surface area (Å²) in [7, 11) is 0. The van der Waals surface area contributed by atoms with Gasteiger partial charge >= 0.3 is 6.18 Å². The highest BCUT2D eigenvalue weighted by Crippen LogP contribution is 2.30. The van der Waals surface area contributed by atoms with Crippen LogP contribution in [0.2, 0.25) is 0 Å². The Morgan fingerprint density at radius 3 is 2.39 bits per heavy atom. The Morgan fingerprint density at radius 2 is 1.89 bits per heavy atom. The van der Waals surface area contributed by atoms with E-state index in [2.05, 4.69) is 5.32 Å². The zero-order valence-corrected chi connectivity index (χ0v) is 10.1. The number of halogens is 3. The summed E-state index contributed by atoms with van der Waals surface area (Å²) >= 11 is 0. The van der Waals surface area contributed by atoms with Gasteiger partial charge in [0.1, 0.15) is 11.9 Å². The second-order valence-electron chi connectivity index (χ2n) is 4.63. The van der Waals surface area contributed by atoms with Gasteiger partial charge in [-0.2, -0.15) is 13.2 Å². The van der Waals surface area contributed by atoms with Crippen molar-refractivity contribution in [1.29, 1.82) is 0 Å². The molecule has 0 radical (unpaired) electrons. The van der Waals surface area contributed by atoms with Crippen molar-refractivity contribution in [3.63, 3.8) is 0 Å². The van der Waals surface area contributed by atoms with Crippen LogP contribution in [0.3, 0.4) is 0 Å². The predicted molar refractivity (Wildman–Crippen MR) is 62.6 cm³/mol. The van der Waals surface area contributed by atoms with E-state index in [1.54, 1.807) is 0 Å². The van der Waals surface area contributed by atoms with Gasteiger partial charge in [0.25, 0.3) is 0 Å². The van der Waals surface area contributed by atoms with Crippen LogP contribution in [-0.4, -0.2) is 18.7 Å². The molecule has 5 heteroatoms. The van der Waals surface area contributed by atoms with Crippen LogP contribution in [0.5, 0.6) is 5.75 Å². The number of alkyl halides is 3. The molecule has 0 bridgehead atoms. The molecule has 1 atom stereocenters. The van der Waals surface area contributed by atoms with E-state index in [0.717, 1.165) is 12.1 Å². The van der Waals surface area contributed by atoms with Gasteiger partial charge < -0.3 is 10.1 Å². The third-order valence-electron chi connectivity index (χ3n) is 2.79.